The van der Waals surface area contributed by atoms with Crippen molar-refractivity contribution in [1.29, 1.82) is 0 Å². The van der Waals surface area contributed by atoms with E-state index in [1.165, 1.54) is 6.08 Å². The van der Waals surface area contributed by atoms with E-state index >= 15 is 0 Å². The summed E-state index contributed by atoms with van der Waals surface area (Å²) in [5.41, 5.74) is 0.267. The highest BCUT2D eigenvalue weighted by Crippen LogP contribution is 2.21. The molecule has 0 spiro atoms. The maximum Gasteiger partial charge on any atom is 0.407 e. The van der Waals surface area contributed by atoms with E-state index in [-0.39, 0.29) is 37.6 Å². The molecule has 0 unspecified atom stereocenters. The molecule has 56 heavy (non-hydrogen) atoms. The standard InChI is InChI=1S/C44H62N2O10/c1-29(2)26-37(54-39(48)31(4)28-45-42(51)56-44(8,9)10)41(50)53-36(30(3)20-21-32-16-13-12-14-17-32)18-15-19-38(47)46-35(40(49)55-43(5,6)7)27-33-22-24-34(52-11)25-23-33/h12-17,19-25,29-31,35-37H,18,26-28H2,1-11H3,(H,45,51)(H,46,47)/b19-15+,21-20+/t30-,31+,35+,36-,37-/m0/s1. The number of carbonyl (C=O) groups excluding carboxylic acids is 5. The summed E-state index contributed by atoms with van der Waals surface area (Å²) in [7, 11) is 1.56. The molecule has 0 fully saturated rings. The van der Waals surface area contributed by atoms with Crippen LogP contribution in [0, 0.1) is 17.8 Å². The number of methoxy groups -OCH3 is 1. The van der Waals surface area contributed by atoms with Crippen LogP contribution < -0.4 is 15.4 Å². The van der Waals surface area contributed by atoms with Crippen molar-refractivity contribution < 1.29 is 47.7 Å². The average molecular weight is 779 g/mol. The molecule has 2 rings (SSSR count). The normalized spacial score (nSPS) is 14.6. The monoisotopic (exact) mass is 778 g/mol. The second-order valence-corrected chi connectivity index (χ2v) is 16.2. The highest BCUT2D eigenvalue weighted by molar-refractivity contribution is 5.91. The van der Waals surface area contributed by atoms with Crippen LogP contribution in [0.2, 0.25) is 0 Å². The lowest BCUT2D eigenvalue weighted by molar-refractivity contribution is -0.175. The predicted molar refractivity (Wildman–Crippen MR) is 215 cm³/mol. The molecule has 5 atom stereocenters. The zero-order valence-electron chi connectivity index (χ0n) is 34.9. The minimum Gasteiger partial charge on any atom is -0.497 e. The van der Waals surface area contributed by atoms with Crippen molar-refractivity contribution >= 4 is 36.0 Å². The van der Waals surface area contributed by atoms with Gasteiger partial charge in [0.15, 0.2) is 6.10 Å². The summed E-state index contributed by atoms with van der Waals surface area (Å²) in [4.78, 5) is 65.3. The molecule has 2 N–H and O–H groups in total. The molecule has 0 radical (unpaired) electrons. The molecule has 308 valence electrons. The Bertz CT molecular complexity index is 1620. The first-order valence-corrected chi connectivity index (χ1v) is 19.1. The van der Waals surface area contributed by atoms with Gasteiger partial charge in [-0.25, -0.2) is 14.4 Å². The SMILES string of the molecule is COc1ccc(C[C@@H](NC(=O)/C=C/C[C@H](OC(=O)[C@H](CC(C)C)OC(=O)[C@H](C)CNC(=O)OC(C)(C)C)[C@@H](C)/C=C/c2ccccc2)C(=O)OC(C)(C)C)cc1. The van der Waals surface area contributed by atoms with E-state index in [4.69, 9.17) is 23.7 Å². The maximum absolute atomic E-state index is 13.7. The van der Waals surface area contributed by atoms with Crippen LogP contribution in [0.5, 0.6) is 5.75 Å². The Morgan fingerprint density at radius 1 is 0.768 bits per heavy atom. The molecule has 12 nitrogen and oxygen atoms in total. The van der Waals surface area contributed by atoms with Gasteiger partial charge in [0.2, 0.25) is 5.91 Å². The first-order valence-electron chi connectivity index (χ1n) is 19.1. The fraction of sp³-hybridized carbons (Fsp3) is 0.523. The number of esters is 3. The number of amides is 2. The molecule has 0 saturated heterocycles. The van der Waals surface area contributed by atoms with Crippen LogP contribution in [-0.2, 0) is 44.5 Å². The molecular formula is C44H62N2O10. The van der Waals surface area contributed by atoms with Gasteiger partial charge in [-0.1, -0.05) is 88.4 Å². The fourth-order valence-corrected chi connectivity index (χ4v) is 5.15. The average Bonchev–Trinajstić information content (AvgIpc) is 3.10. The molecule has 12 heteroatoms. The van der Waals surface area contributed by atoms with Gasteiger partial charge in [-0.3, -0.25) is 9.59 Å². The molecule has 0 aliphatic rings. The highest BCUT2D eigenvalue weighted by atomic mass is 16.6. The summed E-state index contributed by atoms with van der Waals surface area (Å²) in [6.45, 7) is 17.7. The van der Waals surface area contributed by atoms with E-state index in [0.29, 0.717) is 5.75 Å². The van der Waals surface area contributed by atoms with E-state index in [9.17, 15) is 24.0 Å². The van der Waals surface area contributed by atoms with E-state index < -0.39 is 65.3 Å². The zero-order valence-corrected chi connectivity index (χ0v) is 34.9. The Morgan fingerprint density at radius 3 is 1.96 bits per heavy atom. The predicted octanol–water partition coefficient (Wildman–Crippen LogP) is 7.39. The van der Waals surface area contributed by atoms with Crippen LogP contribution in [-0.4, -0.2) is 73.0 Å². The molecule has 0 saturated carbocycles. The Labute approximate surface area is 332 Å². The number of nitrogens with one attached hydrogen (secondary N) is 2. The van der Waals surface area contributed by atoms with Crippen molar-refractivity contribution in [2.75, 3.05) is 13.7 Å². The van der Waals surface area contributed by atoms with E-state index in [2.05, 4.69) is 10.6 Å². The molecule has 0 heterocycles. The van der Waals surface area contributed by atoms with Crippen LogP contribution in [0.3, 0.4) is 0 Å². The quantitative estimate of drug-likeness (QED) is 0.0838. The van der Waals surface area contributed by atoms with Gasteiger partial charge in [-0.2, -0.15) is 0 Å². The third-order valence-electron chi connectivity index (χ3n) is 8.05. The number of ether oxygens (including phenoxy) is 5. The van der Waals surface area contributed by atoms with Crippen LogP contribution in [0.1, 0.15) is 93.2 Å². The first kappa shape index (κ1) is 47.0. The summed E-state index contributed by atoms with van der Waals surface area (Å²) in [5.74, 6) is -2.99. The molecule has 0 bridgehead atoms. The molecule has 2 amide bonds. The number of alkyl carbamates (subject to hydrolysis) is 1. The fourth-order valence-electron chi connectivity index (χ4n) is 5.15. The molecule has 2 aromatic carbocycles. The lowest BCUT2D eigenvalue weighted by Crippen LogP contribution is -2.45. The van der Waals surface area contributed by atoms with Gasteiger partial charge in [-0.15, -0.1) is 0 Å². The van der Waals surface area contributed by atoms with Gasteiger partial charge in [-0.05, 0) is 83.2 Å². The van der Waals surface area contributed by atoms with Gasteiger partial charge in [0.25, 0.3) is 0 Å². The Hall–Kier alpha value is -5.13. The highest BCUT2D eigenvalue weighted by Gasteiger charge is 2.32. The van der Waals surface area contributed by atoms with Crippen molar-refractivity contribution in [1.82, 2.24) is 10.6 Å². The van der Waals surface area contributed by atoms with Crippen LogP contribution in [0.25, 0.3) is 6.08 Å². The summed E-state index contributed by atoms with van der Waals surface area (Å²) >= 11 is 0. The molecular weight excluding hydrogens is 716 g/mol. The topological polar surface area (TPSA) is 156 Å². The van der Waals surface area contributed by atoms with E-state index in [1.807, 2.05) is 75.4 Å². The molecule has 2 aromatic rings. The lowest BCUT2D eigenvalue weighted by atomic mass is 9.99. The van der Waals surface area contributed by atoms with Crippen molar-refractivity contribution in [3.8, 4) is 5.75 Å². The maximum atomic E-state index is 13.7. The van der Waals surface area contributed by atoms with Crippen molar-refractivity contribution in [3.05, 3.63) is 84.0 Å². The largest absolute Gasteiger partial charge is 0.497 e. The zero-order chi connectivity index (χ0) is 42.1. The first-order chi connectivity index (χ1) is 26.1. The number of hydrogen-bond donors (Lipinski definition) is 2. The summed E-state index contributed by atoms with van der Waals surface area (Å²) in [6, 6.07) is 15.8. The van der Waals surface area contributed by atoms with E-state index in [0.717, 1.165) is 11.1 Å². The minimum absolute atomic E-state index is 0.0242. The third kappa shape index (κ3) is 19.0. The third-order valence-corrected chi connectivity index (χ3v) is 8.05. The second kappa shape index (κ2) is 22.4. The summed E-state index contributed by atoms with van der Waals surface area (Å²) in [6.07, 6.45) is 4.58. The van der Waals surface area contributed by atoms with Crippen molar-refractivity contribution in [3.63, 3.8) is 0 Å². The van der Waals surface area contributed by atoms with Gasteiger partial charge in [0, 0.05) is 25.3 Å². The van der Waals surface area contributed by atoms with Gasteiger partial charge in [0.1, 0.15) is 29.1 Å². The Kier molecular flexibility index (Phi) is 18.8. The van der Waals surface area contributed by atoms with Crippen molar-refractivity contribution in [2.24, 2.45) is 17.8 Å². The van der Waals surface area contributed by atoms with Crippen molar-refractivity contribution in [2.45, 2.75) is 118 Å². The molecule has 0 aliphatic heterocycles. The number of benzene rings is 2. The smallest absolute Gasteiger partial charge is 0.407 e. The van der Waals surface area contributed by atoms with Crippen LogP contribution in [0.4, 0.5) is 4.79 Å². The number of rotatable bonds is 19. The van der Waals surface area contributed by atoms with Crippen LogP contribution in [0.15, 0.2) is 72.8 Å². The number of carbonyl (C=O) groups is 5. The molecule has 0 aliphatic carbocycles. The minimum atomic E-state index is -1.21. The summed E-state index contributed by atoms with van der Waals surface area (Å²) in [5, 5.41) is 5.32. The lowest BCUT2D eigenvalue weighted by Gasteiger charge is -2.26. The summed E-state index contributed by atoms with van der Waals surface area (Å²) < 4.78 is 27.8. The van der Waals surface area contributed by atoms with Gasteiger partial charge >= 0.3 is 24.0 Å². The molecule has 0 aromatic heterocycles. The Morgan fingerprint density at radius 2 is 1.39 bits per heavy atom. The van der Waals surface area contributed by atoms with Gasteiger partial charge < -0.3 is 34.3 Å². The Balaban J connectivity index is 2.25. The second-order valence-electron chi connectivity index (χ2n) is 16.2. The van der Waals surface area contributed by atoms with Crippen LogP contribution >= 0.6 is 0 Å². The number of hydrogen-bond acceptors (Lipinski definition) is 10. The van der Waals surface area contributed by atoms with Gasteiger partial charge in [0.05, 0.1) is 13.0 Å². The van der Waals surface area contributed by atoms with E-state index in [1.54, 1.807) is 73.8 Å².